The molecule has 1 aliphatic carbocycles. The molecule has 1 aliphatic heterocycles. The van der Waals surface area contributed by atoms with Crippen molar-refractivity contribution in [3.05, 3.63) is 24.3 Å². The average molecular weight is 317 g/mol. The van der Waals surface area contributed by atoms with E-state index in [1.54, 1.807) is 0 Å². The second-order valence-electron chi connectivity index (χ2n) is 6.71. The predicted molar refractivity (Wildman–Crippen MR) is 90.7 cm³/mol. The summed E-state index contributed by atoms with van der Waals surface area (Å²) in [5, 5.41) is 2.97. The van der Waals surface area contributed by atoms with Crippen molar-refractivity contribution in [3.63, 3.8) is 0 Å². The minimum Gasteiger partial charge on any atom is -0.491 e. The molecule has 1 N–H and O–H groups in total. The van der Waals surface area contributed by atoms with Gasteiger partial charge >= 0.3 is 0 Å². The Balaban J connectivity index is 1.38. The molecule has 0 spiro atoms. The van der Waals surface area contributed by atoms with Gasteiger partial charge in [0.25, 0.3) is 0 Å². The number of nitrogens with one attached hydrogen (secondary N) is 1. The molecule has 1 aromatic rings. The van der Waals surface area contributed by atoms with Gasteiger partial charge in [-0.3, -0.25) is 4.79 Å². The predicted octanol–water partition coefficient (Wildman–Crippen LogP) is 4.15. The Kier molecular flexibility index (Phi) is 5.92. The lowest BCUT2D eigenvalue weighted by Gasteiger charge is -2.12. The lowest BCUT2D eigenvalue weighted by Crippen LogP contribution is -2.16. The smallest absolute Gasteiger partial charge is 0.224 e. The van der Waals surface area contributed by atoms with E-state index in [1.807, 2.05) is 24.3 Å². The maximum Gasteiger partial charge on any atom is 0.224 e. The maximum absolute atomic E-state index is 12.0. The molecule has 23 heavy (non-hydrogen) atoms. The standard InChI is InChI=1S/C19H27NO3/c21-19(12-7-15-4-1-2-5-15)20-16-8-10-17(11-9-16)23-14-18-6-3-13-22-18/h8-11,15,18H,1-7,12-14H2,(H,20,21). The molecule has 1 amide bonds. The Morgan fingerprint density at radius 3 is 2.61 bits per heavy atom. The molecular weight excluding hydrogens is 290 g/mol. The number of hydrogen-bond acceptors (Lipinski definition) is 3. The molecule has 0 radical (unpaired) electrons. The lowest BCUT2D eigenvalue weighted by atomic mass is 10.0. The van der Waals surface area contributed by atoms with E-state index < -0.39 is 0 Å². The highest BCUT2D eigenvalue weighted by atomic mass is 16.5. The third kappa shape index (κ3) is 5.24. The highest BCUT2D eigenvalue weighted by molar-refractivity contribution is 5.90. The van der Waals surface area contributed by atoms with Crippen LogP contribution in [0.1, 0.15) is 51.4 Å². The van der Waals surface area contributed by atoms with Crippen molar-refractivity contribution < 1.29 is 14.3 Å². The summed E-state index contributed by atoms with van der Waals surface area (Å²) in [4.78, 5) is 12.0. The van der Waals surface area contributed by atoms with Crippen LogP contribution in [0.25, 0.3) is 0 Å². The first-order valence-corrected chi connectivity index (χ1v) is 8.94. The quantitative estimate of drug-likeness (QED) is 0.821. The van der Waals surface area contributed by atoms with Gasteiger partial charge in [-0.05, 0) is 49.4 Å². The molecule has 1 aromatic carbocycles. The van der Waals surface area contributed by atoms with Gasteiger partial charge in [0.1, 0.15) is 12.4 Å². The molecule has 4 heteroatoms. The Bertz CT molecular complexity index is 488. The number of ether oxygens (including phenoxy) is 2. The van der Waals surface area contributed by atoms with Crippen LogP contribution in [0.2, 0.25) is 0 Å². The van der Waals surface area contributed by atoms with E-state index in [4.69, 9.17) is 9.47 Å². The van der Waals surface area contributed by atoms with Crippen LogP contribution in [0.4, 0.5) is 5.69 Å². The number of amides is 1. The van der Waals surface area contributed by atoms with Gasteiger partial charge in [-0.15, -0.1) is 0 Å². The third-order valence-electron chi connectivity index (χ3n) is 4.85. The first-order valence-electron chi connectivity index (χ1n) is 8.94. The van der Waals surface area contributed by atoms with E-state index in [1.165, 1.54) is 25.7 Å². The average Bonchev–Trinajstić information content (AvgIpc) is 3.26. The zero-order chi connectivity index (χ0) is 15.9. The SMILES string of the molecule is O=C(CCC1CCCC1)Nc1ccc(OCC2CCCO2)cc1. The summed E-state index contributed by atoms with van der Waals surface area (Å²) >= 11 is 0. The van der Waals surface area contributed by atoms with Gasteiger partial charge < -0.3 is 14.8 Å². The van der Waals surface area contributed by atoms with Gasteiger partial charge in [-0.2, -0.15) is 0 Å². The molecule has 126 valence electrons. The minimum absolute atomic E-state index is 0.116. The molecule has 0 bridgehead atoms. The summed E-state index contributed by atoms with van der Waals surface area (Å²) in [6.45, 7) is 1.45. The molecule has 2 aliphatic rings. The summed E-state index contributed by atoms with van der Waals surface area (Å²) < 4.78 is 11.3. The second-order valence-corrected chi connectivity index (χ2v) is 6.71. The molecule has 2 fully saturated rings. The van der Waals surface area contributed by atoms with Gasteiger partial charge in [0, 0.05) is 18.7 Å². The number of carbonyl (C=O) groups excluding carboxylic acids is 1. The molecule has 1 unspecified atom stereocenters. The molecule has 0 aromatic heterocycles. The van der Waals surface area contributed by atoms with E-state index in [-0.39, 0.29) is 12.0 Å². The maximum atomic E-state index is 12.0. The Labute approximate surface area is 138 Å². The Hall–Kier alpha value is -1.55. The summed E-state index contributed by atoms with van der Waals surface area (Å²) in [6.07, 6.45) is 9.34. The lowest BCUT2D eigenvalue weighted by molar-refractivity contribution is -0.116. The normalized spacial score (nSPS) is 21.5. The highest BCUT2D eigenvalue weighted by Gasteiger charge is 2.17. The van der Waals surface area contributed by atoms with Gasteiger partial charge in [-0.1, -0.05) is 25.7 Å². The molecule has 1 heterocycles. The van der Waals surface area contributed by atoms with Crippen LogP contribution in [-0.2, 0) is 9.53 Å². The summed E-state index contributed by atoms with van der Waals surface area (Å²) in [5.41, 5.74) is 0.839. The highest BCUT2D eigenvalue weighted by Crippen LogP contribution is 2.28. The first kappa shape index (κ1) is 16.3. The topological polar surface area (TPSA) is 47.6 Å². The van der Waals surface area contributed by atoms with Crippen molar-refractivity contribution in [2.24, 2.45) is 5.92 Å². The zero-order valence-electron chi connectivity index (χ0n) is 13.8. The molecule has 1 atom stereocenters. The van der Waals surface area contributed by atoms with E-state index >= 15 is 0 Å². The van der Waals surface area contributed by atoms with Gasteiger partial charge in [0.05, 0.1) is 6.10 Å². The molecule has 1 saturated carbocycles. The molecule has 3 rings (SSSR count). The number of benzene rings is 1. The zero-order valence-corrected chi connectivity index (χ0v) is 13.8. The van der Waals surface area contributed by atoms with E-state index in [0.29, 0.717) is 13.0 Å². The Morgan fingerprint density at radius 2 is 1.91 bits per heavy atom. The van der Waals surface area contributed by atoms with Crippen molar-refractivity contribution in [2.75, 3.05) is 18.5 Å². The van der Waals surface area contributed by atoms with Crippen molar-refractivity contribution >= 4 is 11.6 Å². The Morgan fingerprint density at radius 1 is 1.13 bits per heavy atom. The summed E-state index contributed by atoms with van der Waals surface area (Å²) in [5.74, 6) is 1.70. The third-order valence-corrected chi connectivity index (χ3v) is 4.85. The fourth-order valence-corrected chi connectivity index (χ4v) is 3.46. The molecule has 1 saturated heterocycles. The minimum atomic E-state index is 0.116. The van der Waals surface area contributed by atoms with Gasteiger partial charge in [0.2, 0.25) is 5.91 Å². The van der Waals surface area contributed by atoms with Crippen LogP contribution in [0.15, 0.2) is 24.3 Å². The van der Waals surface area contributed by atoms with Crippen LogP contribution in [0.3, 0.4) is 0 Å². The largest absolute Gasteiger partial charge is 0.491 e. The van der Waals surface area contributed by atoms with Crippen LogP contribution in [0.5, 0.6) is 5.75 Å². The van der Waals surface area contributed by atoms with Crippen LogP contribution in [0, 0.1) is 5.92 Å². The number of rotatable bonds is 7. The monoisotopic (exact) mass is 317 g/mol. The van der Waals surface area contributed by atoms with E-state index in [0.717, 1.165) is 43.2 Å². The number of hydrogen-bond donors (Lipinski definition) is 1. The van der Waals surface area contributed by atoms with Crippen molar-refractivity contribution in [1.82, 2.24) is 0 Å². The van der Waals surface area contributed by atoms with Crippen molar-refractivity contribution in [2.45, 2.75) is 57.5 Å². The van der Waals surface area contributed by atoms with Gasteiger partial charge in [0.15, 0.2) is 0 Å². The summed E-state index contributed by atoms with van der Waals surface area (Å²) in [6, 6.07) is 7.61. The van der Waals surface area contributed by atoms with Crippen molar-refractivity contribution in [1.29, 1.82) is 0 Å². The second kappa shape index (κ2) is 8.34. The van der Waals surface area contributed by atoms with Crippen molar-refractivity contribution in [3.8, 4) is 5.75 Å². The first-order chi connectivity index (χ1) is 11.3. The van der Waals surface area contributed by atoms with E-state index in [2.05, 4.69) is 5.32 Å². The number of anilines is 1. The van der Waals surface area contributed by atoms with Crippen LogP contribution < -0.4 is 10.1 Å². The fourth-order valence-electron chi connectivity index (χ4n) is 3.46. The summed E-state index contributed by atoms with van der Waals surface area (Å²) in [7, 11) is 0. The van der Waals surface area contributed by atoms with Crippen LogP contribution >= 0.6 is 0 Å². The molecular formula is C19H27NO3. The fraction of sp³-hybridized carbons (Fsp3) is 0.632. The van der Waals surface area contributed by atoms with Crippen LogP contribution in [-0.4, -0.2) is 25.2 Å². The van der Waals surface area contributed by atoms with Gasteiger partial charge in [-0.25, -0.2) is 0 Å². The molecule has 4 nitrogen and oxygen atoms in total. The number of carbonyl (C=O) groups is 1. The van der Waals surface area contributed by atoms with E-state index in [9.17, 15) is 4.79 Å².